The van der Waals surface area contributed by atoms with Crippen molar-refractivity contribution in [1.29, 1.82) is 0 Å². The molecule has 0 radical (unpaired) electrons. The Hall–Kier alpha value is -4.33. The second kappa shape index (κ2) is 10.9. The number of methoxy groups -OCH3 is 1. The molecule has 1 aliphatic carbocycles. The fourth-order valence-electron chi connectivity index (χ4n) is 6.12. The van der Waals surface area contributed by atoms with Crippen molar-refractivity contribution in [2.75, 3.05) is 13.7 Å². The molecule has 1 aliphatic heterocycles. The van der Waals surface area contributed by atoms with Gasteiger partial charge in [-0.15, -0.1) is 0 Å². The smallest absolute Gasteiger partial charge is 0.306 e. The van der Waals surface area contributed by atoms with Gasteiger partial charge in [0.1, 0.15) is 35.8 Å². The monoisotopic (exact) mass is 556 g/mol. The lowest BCUT2D eigenvalue weighted by Crippen LogP contribution is -2.09. The first-order valence-electron chi connectivity index (χ1n) is 13.8. The average molecular weight is 557 g/mol. The van der Waals surface area contributed by atoms with E-state index in [1.165, 1.54) is 7.11 Å². The first-order valence-corrected chi connectivity index (χ1v) is 13.8. The van der Waals surface area contributed by atoms with Crippen molar-refractivity contribution in [2.24, 2.45) is 7.05 Å². The van der Waals surface area contributed by atoms with Gasteiger partial charge >= 0.3 is 5.97 Å². The van der Waals surface area contributed by atoms with Gasteiger partial charge < -0.3 is 18.9 Å². The molecule has 0 saturated heterocycles. The normalized spacial score (nSPS) is 17.1. The molecule has 41 heavy (non-hydrogen) atoms. The van der Waals surface area contributed by atoms with Gasteiger partial charge in [-0.25, -0.2) is 4.39 Å². The predicted molar refractivity (Wildman–Crippen MR) is 152 cm³/mol. The van der Waals surface area contributed by atoms with Crippen LogP contribution < -0.4 is 14.2 Å². The van der Waals surface area contributed by atoms with Crippen LogP contribution in [-0.4, -0.2) is 29.5 Å². The third-order valence-electron chi connectivity index (χ3n) is 8.01. The van der Waals surface area contributed by atoms with Crippen LogP contribution in [-0.2, 0) is 29.6 Å². The van der Waals surface area contributed by atoms with E-state index in [9.17, 15) is 4.79 Å². The standard InChI is InChI=1S/C33H33FN2O5/c1-19-11-24(39-17-21-15-35-36(3)16-21)12-20(2)32(19)26-7-9-28(34)33-27(26)8-10-29(33)41-23-5-6-25-22(13-31(37)38-4)18-40-30(25)14-23/h5-7,9,11-12,14-16,22,29H,8,10,13,17-18H2,1-4H3/t22?,29-/m1/s1. The third-order valence-corrected chi connectivity index (χ3v) is 8.01. The van der Waals surface area contributed by atoms with Crippen molar-refractivity contribution >= 4 is 5.97 Å². The molecule has 2 heterocycles. The second-order valence-corrected chi connectivity index (χ2v) is 10.9. The Bertz CT molecular complexity index is 1610. The highest BCUT2D eigenvalue weighted by Crippen LogP contribution is 2.45. The van der Waals surface area contributed by atoms with Crippen molar-refractivity contribution in [3.63, 3.8) is 0 Å². The van der Waals surface area contributed by atoms with Gasteiger partial charge in [-0.2, -0.15) is 5.10 Å². The molecule has 4 aromatic rings. The number of ether oxygens (including phenoxy) is 4. The number of fused-ring (bicyclic) bond motifs is 2. The molecule has 7 nitrogen and oxygen atoms in total. The summed E-state index contributed by atoms with van der Waals surface area (Å²) >= 11 is 0. The molecule has 0 spiro atoms. The van der Waals surface area contributed by atoms with E-state index in [1.54, 1.807) is 16.9 Å². The summed E-state index contributed by atoms with van der Waals surface area (Å²) in [7, 11) is 3.27. The molecule has 0 fully saturated rings. The highest BCUT2D eigenvalue weighted by molar-refractivity contribution is 5.76. The number of halogens is 1. The minimum absolute atomic E-state index is 0.0441. The van der Waals surface area contributed by atoms with Gasteiger partial charge in [0, 0.05) is 41.9 Å². The van der Waals surface area contributed by atoms with Gasteiger partial charge in [-0.3, -0.25) is 9.48 Å². The van der Waals surface area contributed by atoms with Crippen LogP contribution in [0.15, 0.2) is 54.9 Å². The fraction of sp³-hybridized carbons (Fsp3) is 0.333. The van der Waals surface area contributed by atoms with Gasteiger partial charge in [-0.1, -0.05) is 12.1 Å². The number of rotatable bonds is 8. The van der Waals surface area contributed by atoms with Crippen LogP contribution >= 0.6 is 0 Å². The topological polar surface area (TPSA) is 71.8 Å². The molecular formula is C33H33FN2O5. The number of esters is 1. The van der Waals surface area contributed by atoms with Crippen LogP contribution in [0.1, 0.15) is 58.2 Å². The lowest BCUT2D eigenvalue weighted by atomic mass is 9.90. The molecule has 1 aromatic heterocycles. The summed E-state index contributed by atoms with van der Waals surface area (Å²) in [5.74, 6) is 1.54. The first-order chi connectivity index (χ1) is 19.8. The minimum atomic E-state index is -0.405. The maximum atomic E-state index is 15.3. The Morgan fingerprint density at radius 2 is 1.93 bits per heavy atom. The van der Waals surface area contributed by atoms with E-state index in [4.69, 9.17) is 18.9 Å². The predicted octanol–water partition coefficient (Wildman–Crippen LogP) is 6.53. The summed E-state index contributed by atoms with van der Waals surface area (Å²) in [6, 6.07) is 13.1. The summed E-state index contributed by atoms with van der Waals surface area (Å²) in [5.41, 5.74) is 7.83. The molecule has 3 aromatic carbocycles. The van der Waals surface area contributed by atoms with Gasteiger partial charge in [-0.05, 0) is 78.8 Å². The summed E-state index contributed by atoms with van der Waals surface area (Å²) in [4.78, 5) is 11.7. The minimum Gasteiger partial charge on any atom is -0.492 e. The van der Waals surface area contributed by atoms with Gasteiger partial charge in [0.15, 0.2) is 0 Å². The number of nitrogens with zero attached hydrogens (tertiary/aromatic N) is 2. The van der Waals surface area contributed by atoms with Crippen molar-refractivity contribution in [3.05, 3.63) is 94.1 Å². The third kappa shape index (κ3) is 5.26. The van der Waals surface area contributed by atoms with Crippen molar-refractivity contribution in [2.45, 2.75) is 51.7 Å². The van der Waals surface area contributed by atoms with Crippen molar-refractivity contribution in [1.82, 2.24) is 9.78 Å². The summed E-state index contributed by atoms with van der Waals surface area (Å²) < 4.78 is 40.1. The van der Waals surface area contributed by atoms with Gasteiger partial charge in [0.2, 0.25) is 0 Å². The SMILES string of the molecule is COC(=O)CC1COc2cc(O[C@@H]3CCc4c(-c5c(C)cc(OCc6cnn(C)c6)cc5C)ccc(F)c43)ccc21. The molecule has 0 amide bonds. The molecule has 2 aliphatic rings. The van der Waals surface area contributed by atoms with Gasteiger partial charge in [0.25, 0.3) is 0 Å². The number of hydrogen-bond acceptors (Lipinski definition) is 6. The zero-order valence-electron chi connectivity index (χ0n) is 23.7. The Labute approximate surface area is 238 Å². The number of hydrogen-bond donors (Lipinski definition) is 0. The van der Waals surface area contributed by atoms with E-state index in [-0.39, 0.29) is 24.1 Å². The highest BCUT2D eigenvalue weighted by Gasteiger charge is 2.32. The highest BCUT2D eigenvalue weighted by atomic mass is 19.1. The van der Waals surface area contributed by atoms with Gasteiger partial charge in [0.05, 0.1) is 26.3 Å². The van der Waals surface area contributed by atoms with E-state index in [1.807, 2.05) is 49.6 Å². The van der Waals surface area contributed by atoms with Crippen LogP contribution in [0.5, 0.6) is 17.2 Å². The molecule has 0 bridgehead atoms. The van der Waals surface area contributed by atoms with Crippen LogP contribution in [0.25, 0.3) is 11.1 Å². The van der Waals surface area contributed by atoms with E-state index >= 15 is 4.39 Å². The lowest BCUT2D eigenvalue weighted by molar-refractivity contribution is -0.141. The molecule has 8 heteroatoms. The van der Waals surface area contributed by atoms with Crippen molar-refractivity contribution < 1.29 is 28.1 Å². The molecule has 6 rings (SSSR count). The first kappa shape index (κ1) is 26.9. The zero-order valence-corrected chi connectivity index (χ0v) is 23.7. The van der Waals surface area contributed by atoms with Crippen LogP contribution in [0.3, 0.4) is 0 Å². The molecular weight excluding hydrogens is 523 g/mol. The van der Waals surface area contributed by atoms with Crippen molar-refractivity contribution in [3.8, 4) is 28.4 Å². The number of benzene rings is 3. The van der Waals surface area contributed by atoms with Crippen LogP contribution in [0.2, 0.25) is 0 Å². The Morgan fingerprint density at radius 1 is 1.12 bits per heavy atom. The van der Waals surface area contributed by atoms with Crippen LogP contribution in [0.4, 0.5) is 4.39 Å². The Balaban J connectivity index is 1.23. The number of aryl methyl sites for hydroxylation is 3. The lowest BCUT2D eigenvalue weighted by Gasteiger charge is -2.19. The summed E-state index contributed by atoms with van der Waals surface area (Å²) in [6.45, 7) is 4.99. The fourth-order valence-corrected chi connectivity index (χ4v) is 6.12. The summed E-state index contributed by atoms with van der Waals surface area (Å²) in [5, 5.41) is 4.20. The maximum absolute atomic E-state index is 15.3. The Kier molecular flexibility index (Phi) is 7.15. The molecule has 2 atom stereocenters. The molecule has 0 N–H and O–H groups in total. The van der Waals surface area contributed by atoms with E-state index < -0.39 is 6.10 Å². The Morgan fingerprint density at radius 3 is 2.66 bits per heavy atom. The molecule has 0 saturated carbocycles. The maximum Gasteiger partial charge on any atom is 0.306 e. The number of carbonyl (C=O) groups is 1. The number of carbonyl (C=O) groups excluding carboxylic acids is 1. The zero-order chi connectivity index (χ0) is 28.7. The summed E-state index contributed by atoms with van der Waals surface area (Å²) in [6.07, 6.45) is 4.99. The van der Waals surface area contributed by atoms with E-state index in [0.29, 0.717) is 43.1 Å². The average Bonchev–Trinajstić information content (AvgIpc) is 3.67. The van der Waals surface area contributed by atoms with Crippen LogP contribution in [0, 0.1) is 19.7 Å². The molecule has 1 unspecified atom stereocenters. The molecule has 212 valence electrons. The van der Waals surface area contributed by atoms with E-state index in [0.717, 1.165) is 44.7 Å². The quantitative estimate of drug-likeness (QED) is 0.230. The number of aromatic nitrogens is 2. The van der Waals surface area contributed by atoms with E-state index in [2.05, 4.69) is 18.9 Å². The second-order valence-electron chi connectivity index (χ2n) is 10.9. The largest absolute Gasteiger partial charge is 0.492 e.